The van der Waals surface area contributed by atoms with Gasteiger partial charge in [-0.2, -0.15) is 0 Å². The Balaban J connectivity index is 1.92. The zero-order valence-electron chi connectivity index (χ0n) is 14.5. The van der Waals surface area contributed by atoms with E-state index in [0.29, 0.717) is 10.8 Å². The molecule has 0 aliphatic carbocycles. The number of hydrogen-bond donors (Lipinski definition) is 1. The van der Waals surface area contributed by atoms with Crippen molar-refractivity contribution >= 4 is 34.9 Å². The standard InChI is InChI=1S/C18H17ClN2O6/c1-11(17(22)20-14-6-4-7-15(10-14)21(24)25)27-18(23)12(2)26-16-8-3-5-13(19)9-16/h3-12H,1-2H3,(H,20,22). The molecule has 0 radical (unpaired) electrons. The van der Waals surface area contributed by atoms with Gasteiger partial charge in [0.1, 0.15) is 5.75 Å². The van der Waals surface area contributed by atoms with Crippen molar-refractivity contribution in [3.63, 3.8) is 0 Å². The first-order chi connectivity index (χ1) is 12.8. The highest BCUT2D eigenvalue weighted by atomic mass is 35.5. The molecule has 2 atom stereocenters. The van der Waals surface area contributed by atoms with Crippen molar-refractivity contribution in [2.24, 2.45) is 0 Å². The maximum atomic E-state index is 12.1. The Labute approximate surface area is 160 Å². The third-order valence-corrected chi connectivity index (χ3v) is 3.66. The van der Waals surface area contributed by atoms with Crippen LogP contribution in [0.1, 0.15) is 13.8 Å². The molecule has 0 saturated carbocycles. The minimum absolute atomic E-state index is 0.166. The van der Waals surface area contributed by atoms with Crippen LogP contribution in [0.15, 0.2) is 48.5 Å². The van der Waals surface area contributed by atoms with Crippen LogP contribution in [-0.2, 0) is 14.3 Å². The summed E-state index contributed by atoms with van der Waals surface area (Å²) < 4.78 is 10.5. The van der Waals surface area contributed by atoms with Gasteiger partial charge in [0.2, 0.25) is 0 Å². The maximum Gasteiger partial charge on any atom is 0.347 e. The minimum Gasteiger partial charge on any atom is -0.479 e. The van der Waals surface area contributed by atoms with Gasteiger partial charge in [0.15, 0.2) is 12.2 Å². The van der Waals surface area contributed by atoms with Gasteiger partial charge in [-0.3, -0.25) is 14.9 Å². The molecule has 2 rings (SSSR count). The summed E-state index contributed by atoms with van der Waals surface area (Å²) in [5.74, 6) is -0.976. The summed E-state index contributed by atoms with van der Waals surface area (Å²) in [5.41, 5.74) is 0.0568. The van der Waals surface area contributed by atoms with Gasteiger partial charge in [-0.25, -0.2) is 4.79 Å². The molecular formula is C18H17ClN2O6. The van der Waals surface area contributed by atoms with E-state index in [0.717, 1.165) is 0 Å². The van der Waals surface area contributed by atoms with E-state index in [4.69, 9.17) is 21.1 Å². The van der Waals surface area contributed by atoms with Gasteiger partial charge in [0.05, 0.1) is 4.92 Å². The molecular weight excluding hydrogens is 376 g/mol. The molecule has 0 aliphatic heterocycles. The molecule has 1 N–H and O–H groups in total. The summed E-state index contributed by atoms with van der Waals surface area (Å²) in [4.78, 5) is 34.4. The Bertz CT molecular complexity index is 857. The second-order valence-electron chi connectivity index (χ2n) is 5.59. The van der Waals surface area contributed by atoms with Crippen LogP contribution < -0.4 is 10.1 Å². The molecule has 8 nitrogen and oxygen atoms in total. The second kappa shape index (κ2) is 9.00. The molecule has 2 unspecified atom stereocenters. The predicted molar refractivity (Wildman–Crippen MR) is 98.8 cm³/mol. The van der Waals surface area contributed by atoms with Crippen molar-refractivity contribution in [3.8, 4) is 5.75 Å². The van der Waals surface area contributed by atoms with Gasteiger partial charge in [-0.15, -0.1) is 0 Å². The molecule has 0 aliphatic rings. The molecule has 27 heavy (non-hydrogen) atoms. The zero-order valence-corrected chi connectivity index (χ0v) is 15.3. The minimum atomic E-state index is -1.12. The molecule has 2 aromatic carbocycles. The number of anilines is 1. The van der Waals surface area contributed by atoms with Crippen molar-refractivity contribution in [3.05, 3.63) is 63.7 Å². The Morgan fingerprint density at radius 2 is 1.81 bits per heavy atom. The van der Waals surface area contributed by atoms with Crippen LogP contribution in [0.2, 0.25) is 5.02 Å². The highest BCUT2D eigenvalue weighted by molar-refractivity contribution is 6.30. The molecule has 1 amide bonds. The highest BCUT2D eigenvalue weighted by Crippen LogP contribution is 2.19. The average molecular weight is 393 g/mol. The van der Waals surface area contributed by atoms with Crippen molar-refractivity contribution in [1.29, 1.82) is 0 Å². The van der Waals surface area contributed by atoms with E-state index in [1.165, 1.54) is 38.1 Å². The number of esters is 1. The summed E-state index contributed by atoms with van der Waals surface area (Å²) in [5, 5.41) is 13.7. The number of hydrogen-bond acceptors (Lipinski definition) is 6. The average Bonchev–Trinajstić information content (AvgIpc) is 2.61. The predicted octanol–water partition coefficient (Wildman–Crippen LogP) is 3.59. The van der Waals surface area contributed by atoms with E-state index in [-0.39, 0.29) is 11.4 Å². The number of nitro groups is 1. The van der Waals surface area contributed by atoms with Gasteiger partial charge < -0.3 is 14.8 Å². The lowest BCUT2D eigenvalue weighted by Crippen LogP contribution is -2.35. The fourth-order valence-corrected chi connectivity index (χ4v) is 2.24. The molecule has 0 spiro atoms. The van der Waals surface area contributed by atoms with E-state index >= 15 is 0 Å². The summed E-state index contributed by atoms with van der Waals surface area (Å²) in [7, 11) is 0. The number of nitrogens with zero attached hydrogens (tertiary/aromatic N) is 1. The molecule has 9 heteroatoms. The summed E-state index contributed by atoms with van der Waals surface area (Å²) >= 11 is 5.85. The molecule has 0 aromatic heterocycles. The molecule has 2 aromatic rings. The van der Waals surface area contributed by atoms with Gasteiger partial charge >= 0.3 is 5.97 Å². The number of amides is 1. The Kier molecular flexibility index (Phi) is 6.73. The normalized spacial score (nSPS) is 12.6. The molecule has 0 heterocycles. The fraction of sp³-hybridized carbons (Fsp3) is 0.222. The number of nitrogens with one attached hydrogen (secondary N) is 1. The lowest BCUT2D eigenvalue weighted by molar-refractivity contribution is -0.384. The first kappa shape index (κ1) is 20.2. The van der Waals surface area contributed by atoms with Gasteiger partial charge in [0.25, 0.3) is 11.6 Å². The summed E-state index contributed by atoms with van der Waals surface area (Å²) in [6.45, 7) is 2.87. The van der Waals surface area contributed by atoms with Gasteiger partial charge in [-0.05, 0) is 38.1 Å². The molecule has 0 saturated heterocycles. The monoisotopic (exact) mass is 392 g/mol. The fourth-order valence-electron chi connectivity index (χ4n) is 2.06. The Morgan fingerprint density at radius 3 is 2.48 bits per heavy atom. The third-order valence-electron chi connectivity index (χ3n) is 3.43. The van der Waals surface area contributed by atoms with E-state index in [2.05, 4.69) is 5.32 Å². The number of non-ortho nitro benzene ring substituents is 1. The van der Waals surface area contributed by atoms with Crippen LogP contribution in [0, 0.1) is 10.1 Å². The highest BCUT2D eigenvalue weighted by Gasteiger charge is 2.23. The van der Waals surface area contributed by atoms with E-state index in [1.54, 1.807) is 24.3 Å². The molecule has 0 bridgehead atoms. The molecule has 0 fully saturated rings. The van der Waals surface area contributed by atoms with Gasteiger partial charge in [0, 0.05) is 22.8 Å². The molecule has 142 valence electrons. The smallest absolute Gasteiger partial charge is 0.347 e. The van der Waals surface area contributed by atoms with Crippen LogP contribution in [-0.4, -0.2) is 29.0 Å². The number of nitro benzene ring substituents is 1. The van der Waals surface area contributed by atoms with E-state index in [9.17, 15) is 19.7 Å². The summed E-state index contributed by atoms with van der Waals surface area (Å²) in [6, 6.07) is 11.9. The van der Waals surface area contributed by atoms with E-state index in [1.807, 2.05) is 0 Å². The Morgan fingerprint density at radius 1 is 1.11 bits per heavy atom. The first-order valence-corrected chi connectivity index (χ1v) is 8.32. The number of benzene rings is 2. The number of carbonyl (C=O) groups is 2. The number of rotatable bonds is 7. The van der Waals surface area contributed by atoms with Crippen molar-refractivity contribution in [1.82, 2.24) is 0 Å². The largest absolute Gasteiger partial charge is 0.479 e. The van der Waals surface area contributed by atoms with Crippen LogP contribution >= 0.6 is 11.6 Å². The lowest BCUT2D eigenvalue weighted by Gasteiger charge is -2.18. The second-order valence-corrected chi connectivity index (χ2v) is 6.03. The van der Waals surface area contributed by atoms with Crippen LogP contribution in [0.25, 0.3) is 0 Å². The van der Waals surface area contributed by atoms with E-state index < -0.39 is 29.0 Å². The Hall–Kier alpha value is -3.13. The maximum absolute atomic E-state index is 12.1. The van der Waals surface area contributed by atoms with Crippen LogP contribution in [0.5, 0.6) is 5.75 Å². The van der Waals surface area contributed by atoms with Crippen LogP contribution in [0.3, 0.4) is 0 Å². The first-order valence-electron chi connectivity index (χ1n) is 7.94. The van der Waals surface area contributed by atoms with Crippen molar-refractivity contribution < 1.29 is 24.0 Å². The SMILES string of the molecule is CC(OC(=O)C(C)Oc1cccc(Cl)c1)C(=O)Nc1cccc([N+](=O)[O-])c1. The topological polar surface area (TPSA) is 108 Å². The van der Waals surface area contributed by atoms with Crippen molar-refractivity contribution in [2.45, 2.75) is 26.1 Å². The summed E-state index contributed by atoms with van der Waals surface area (Å²) in [6.07, 6.45) is -2.08. The number of ether oxygens (including phenoxy) is 2. The van der Waals surface area contributed by atoms with Crippen LogP contribution in [0.4, 0.5) is 11.4 Å². The quantitative estimate of drug-likeness (QED) is 0.438. The number of carbonyl (C=O) groups excluding carboxylic acids is 2. The van der Waals surface area contributed by atoms with Gasteiger partial charge in [-0.1, -0.05) is 23.7 Å². The van der Waals surface area contributed by atoms with Crippen molar-refractivity contribution in [2.75, 3.05) is 5.32 Å². The zero-order chi connectivity index (χ0) is 20.0. The number of halogens is 1. The third kappa shape index (κ3) is 5.96. The lowest BCUT2D eigenvalue weighted by atomic mass is 10.2.